The van der Waals surface area contributed by atoms with Crippen molar-refractivity contribution in [2.75, 3.05) is 5.32 Å². The molecule has 2 amide bonds. The molecule has 6 heteroatoms. The number of anilines is 1. The van der Waals surface area contributed by atoms with Gasteiger partial charge < -0.3 is 10.6 Å². The Hall–Kier alpha value is -3.12. The van der Waals surface area contributed by atoms with E-state index in [9.17, 15) is 9.59 Å². The smallest absolute Gasteiger partial charge is 0.257 e. The highest BCUT2D eigenvalue weighted by Gasteiger charge is 2.12. The number of amides is 2. The van der Waals surface area contributed by atoms with Crippen molar-refractivity contribution in [2.24, 2.45) is 0 Å². The lowest BCUT2D eigenvalue weighted by atomic mass is 10.1. The standard InChI is InChI=1S/C20H17N3O2S/c24-19(15-7-5-11-21-12-15)23-17-9-3-1-6-14(17)13-22-20(25)16-8-2-4-10-18(16)26/h1-12,26H,13H2,(H,22,25)(H,23,24). The van der Waals surface area contributed by atoms with Crippen molar-refractivity contribution in [2.45, 2.75) is 11.4 Å². The van der Waals surface area contributed by atoms with E-state index >= 15 is 0 Å². The molecule has 1 heterocycles. The third kappa shape index (κ3) is 4.29. The van der Waals surface area contributed by atoms with Gasteiger partial charge in [0.1, 0.15) is 0 Å². The summed E-state index contributed by atoms with van der Waals surface area (Å²) in [5.41, 5.74) is 2.42. The van der Waals surface area contributed by atoms with Crippen molar-refractivity contribution in [3.8, 4) is 0 Å². The molecule has 2 aromatic carbocycles. The Balaban J connectivity index is 1.71. The first-order valence-electron chi connectivity index (χ1n) is 8.00. The zero-order chi connectivity index (χ0) is 18.4. The highest BCUT2D eigenvalue weighted by Crippen LogP contribution is 2.17. The summed E-state index contributed by atoms with van der Waals surface area (Å²) in [6, 6.07) is 17.8. The molecule has 5 nitrogen and oxygen atoms in total. The van der Waals surface area contributed by atoms with Crippen LogP contribution >= 0.6 is 12.6 Å². The minimum Gasteiger partial charge on any atom is -0.348 e. The van der Waals surface area contributed by atoms with Crippen LogP contribution in [0.5, 0.6) is 0 Å². The number of rotatable bonds is 5. The van der Waals surface area contributed by atoms with Crippen molar-refractivity contribution >= 4 is 30.1 Å². The second-order valence-corrected chi connectivity index (χ2v) is 6.03. The lowest BCUT2D eigenvalue weighted by Crippen LogP contribution is -2.24. The number of hydrogen-bond acceptors (Lipinski definition) is 4. The number of pyridine rings is 1. The first kappa shape index (κ1) is 17.7. The molecule has 0 aliphatic rings. The molecular weight excluding hydrogens is 346 g/mol. The van der Waals surface area contributed by atoms with E-state index in [0.29, 0.717) is 21.7 Å². The van der Waals surface area contributed by atoms with Crippen LogP contribution in [-0.4, -0.2) is 16.8 Å². The predicted octanol–water partition coefficient (Wildman–Crippen LogP) is 3.55. The number of carbonyl (C=O) groups is 2. The third-order valence-corrected chi connectivity index (χ3v) is 4.17. The normalized spacial score (nSPS) is 10.2. The largest absolute Gasteiger partial charge is 0.348 e. The molecule has 0 fully saturated rings. The van der Waals surface area contributed by atoms with E-state index in [4.69, 9.17) is 0 Å². The van der Waals surface area contributed by atoms with Gasteiger partial charge in [-0.2, -0.15) is 0 Å². The van der Waals surface area contributed by atoms with Gasteiger partial charge in [-0.3, -0.25) is 14.6 Å². The second-order valence-electron chi connectivity index (χ2n) is 5.55. The van der Waals surface area contributed by atoms with Crippen LogP contribution in [-0.2, 0) is 6.54 Å². The van der Waals surface area contributed by atoms with Gasteiger partial charge in [-0.05, 0) is 35.9 Å². The molecule has 0 radical (unpaired) electrons. The molecule has 2 N–H and O–H groups in total. The highest BCUT2D eigenvalue weighted by molar-refractivity contribution is 7.80. The fourth-order valence-corrected chi connectivity index (χ4v) is 2.69. The first-order valence-corrected chi connectivity index (χ1v) is 8.45. The zero-order valence-electron chi connectivity index (χ0n) is 13.8. The fraction of sp³-hybridized carbons (Fsp3) is 0.0500. The average Bonchev–Trinajstić information content (AvgIpc) is 2.68. The number of para-hydroxylation sites is 1. The van der Waals surface area contributed by atoms with Crippen molar-refractivity contribution in [3.63, 3.8) is 0 Å². The summed E-state index contributed by atoms with van der Waals surface area (Å²) in [5, 5.41) is 5.71. The Morgan fingerprint density at radius 1 is 0.923 bits per heavy atom. The van der Waals surface area contributed by atoms with Gasteiger partial charge in [0.25, 0.3) is 11.8 Å². The van der Waals surface area contributed by atoms with Crippen molar-refractivity contribution in [1.82, 2.24) is 10.3 Å². The number of benzene rings is 2. The van der Waals surface area contributed by atoms with Crippen molar-refractivity contribution < 1.29 is 9.59 Å². The zero-order valence-corrected chi connectivity index (χ0v) is 14.7. The van der Waals surface area contributed by atoms with E-state index in [2.05, 4.69) is 28.2 Å². The van der Waals surface area contributed by atoms with Crippen LogP contribution in [0.25, 0.3) is 0 Å². The number of carbonyl (C=O) groups excluding carboxylic acids is 2. The van der Waals surface area contributed by atoms with Crippen LogP contribution in [0.3, 0.4) is 0 Å². The minimum absolute atomic E-state index is 0.219. The molecule has 0 aliphatic carbocycles. The van der Waals surface area contributed by atoms with Crippen LogP contribution in [0.2, 0.25) is 0 Å². The first-order chi connectivity index (χ1) is 12.6. The molecule has 0 saturated carbocycles. The predicted molar refractivity (Wildman–Crippen MR) is 103 cm³/mol. The average molecular weight is 363 g/mol. The van der Waals surface area contributed by atoms with E-state index in [-0.39, 0.29) is 18.4 Å². The van der Waals surface area contributed by atoms with Gasteiger partial charge in [-0.15, -0.1) is 12.6 Å². The molecular formula is C20H17N3O2S. The maximum atomic E-state index is 12.3. The Labute approximate surface area is 156 Å². The summed E-state index contributed by atoms with van der Waals surface area (Å²) >= 11 is 4.30. The SMILES string of the molecule is O=C(Nc1ccccc1CNC(=O)c1ccccc1S)c1cccnc1. The number of nitrogens with zero attached hydrogens (tertiary/aromatic N) is 1. The molecule has 0 spiro atoms. The summed E-state index contributed by atoms with van der Waals surface area (Å²) in [7, 11) is 0. The summed E-state index contributed by atoms with van der Waals surface area (Å²) in [4.78, 5) is 29.2. The molecule has 3 aromatic rings. The van der Waals surface area contributed by atoms with Gasteiger partial charge in [0.2, 0.25) is 0 Å². The summed E-state index contributed by atoms with van der Waals surface area (Å²) < 4.78 is 0. The van der Waals surface area contributed by atoms with E-state index in [1.54, 1.807) is 42.6 Å². The topological polar surface area (TPSA) is 71.1 Å². The van der Waals surface area contributed by atoms with Gasteiger partial charge in [-0.25, -0.2) is 0 Å². The molecule has 130 valence electrons. The molecule has 26 heavy (non-hydrogen) atoms. The van der Waals surface area contributed by atoms with Gasteiger partial charge >= 0.3 is 0 Å². The lowest BCUT2D eigenvalue weighted by molar-refractivity contribution is 0.0947. The van der Waals surface area contributed by atoms with Gasteiger partial charge in [0, 0.05) is 29.5 Å². The van der Waals surface area contributed by atoms with E-state index in [0.717, 1.165) is 5.56 Å². The summed E-state index contributed by atoms with van der Waals surface area (Å²) in [6.45, 7) is 0.282. The van der Waals surface area contributed by atoms with Crippen molar-refractivity contribution in [3.05, 3.63) is 89.7 Å². The van der Waals surface area contributed by atoms with Crippen LogP contribution in [0.1, 0.15) is 26.3 Å². The maximum absolute atomic E-state index is 12.3. The molecule has 0 saturated heterocycles. The van der Waals surface area contributed by atoms with Crippen molar-refractivity contribution in [1.29, 1.82) is 0 Å². The molecule has 1 aromatic heterocycles. The monoisotopic (exact) mass is 363 g/mol. The second kappa shape index (κ2) is 8.31. The van der Waals surface area contributed by atoms with E-state index < -0.39 is 0 Å². The summed E-state index contributed by atoms with van der Waals surface area (Å²) in [5.74, 6) is -0.471. The summed E-state index contributed by atoms with van der Waals surface area (Å²) in [6.07, 6.45) is 3.11. The quantitative estimate of drug-likeness (QED) is 0.607. The molecule has 0 unspecified atom stereocenters. The fourth-order valence-electron chi connectivity index (χ4n) is 2.42. The Kier molecular flexibility index (Phi) is 5.66. The molecule has 0 atom stereocenters. The highest BCUT2D eigenvalue weighted by atomic mass is 32.1. The Morgan fingerprint density at radius 2 is 1.69 bits per heavy atom. The van der Waals surface area contributed by atoms with E-state index in [1.807, 2.05) is 24.3 Å². The van der Waals surface area contributed by atoms with E-state index in [1.165, 1.54) is 6.20 Å². The number of hydrogen-bond donors (Lipinski definition) is 3. The van der Waals surface area contributed by atoms with Crippen LogP contribution in [0.4, 0.5) is 5.69 Å². The number of nitrogens with one attached hydrogen (secondary N) is 2. The van der Waals surface area contributed by atoms with Crippen LogP contribution in [0, 0.1) is 0 Å². The van der Waals surface area contributed by atoms with Crippen LogP contribution < -0.4 is 10.6 Å². The van der Waals surface area contributed by atoms with Gasteiger partial charge in [0.05, 0.1) is 11.1 Å². The van der Waals surface area contributed by atoms with Gasteiger partial charge in [0.15, 0.2) is 0 Å². The number of thiol groups is 1. The number of aromatic nitrogens is 1. The maximum Gasteiger partial charge on any atom is 0.257 e. The Morgan fingerprint density at radius 3 is 2.46 bits per heavy atom. The third-order valence-electron chi connectivity index (χ3n) is 3.78. The molecule has 0 aliphatic heterocycles. The lowest BCUT2D eigenvalue weighted by Gasteiger charge is -2.12. The van der Waals surface area contributed by atoms with Gasteiger partial charge in [-0.1, -0.05) is 30.3 Å². The Bertz CT molecular complexity index is 929. The molecule has 0 bridgehead atoms. The van der Waals surface area contributed by atoms with Crippen LogP contribution in [0.15, 0.2) is 78.0 Å². The minimum atomic E-state index is -0.252. The molecule has 3 rings (SSSR count).